The molecule has 2 saturated carbocycles. The number of nitrogens with one attached hydrogen (secondary N) is 3. The molecule has 0 unspecified atom stereocenters. The van der Waals surface area contributed by atoms with Gasteiger partial charge in [-0.2, -0.15) is 0 Å². The molecule has 2 aliphatic heterocycles. The van der Waals surface area contributed by atoms with E-state index in [-0.39, 0.29) is 34.9 Å². The molecule has 6 nitrogen and oxygen atoms in total. The Bertz CT molecular complexity index is 1360. The smallest absolute Gasteiger partial charge is 0.243 e. The highest BCUT2D eigenvalue weighted by molar-refractivity contribution is 6.31. The Hall–Kier alpha value is -2.55. The lowest BCUT2D eigenvalue weighted by atomic mass is 9.41. The molecule has 2 amide bonds. The quantitative estimate of drug-likeness (QED) is 0.425. The van der Waals surface area contributed by atoms with E-state index < -0.39 is 34.0 Å². The number of anilines is 1. The Kier molecular flexibility index (Phi) is 5.57. The van der Waals surface area contributed by atoms with Gasteiger partial charge in [0.2, 0.25) is 11.8 Å². The SMILES string of the molecule is CC(C)(C)C[C@@]12N[C@]1(C(=O)NC1CCC(O)CC1)[C@H](c1cccc(F)c1F)[C@@]21C(=O)Nc2cc(Cl)ccc21. The van der Waals surface area contributed by atoms with Crippen molar-refractivity contribution in [1.29, 1.82) is 0 Å². The van der Waals surface area contributed by atoms with Crippen LogP contribution in [0.4, 0.5) is 14.5 Å². The van der Waals surface area contributed by atoms with Crippen LogP contribution < -0.4 is 16.0 Å². The van der Waals surface area contributed by atoms with Crippen LogP contribution in [0.15, 0.2) is 36.4 Å². The second-order valence-electron chi connectivity index (χ2n) is 12.6. The fraction of sp³-hybridized carbons (Fsp3) is 0.517. The summed E-state index contributed by atoms with van der Waals surface area (Å²) in [5.74, 6) is -3.76. The number of carbonyl (C=O) groups is 2. The predicted molar refractivity (Wildman–Crippen MR) is 140 cm³/mol. The van der Waals surface area contributed by atoms with Gasteiger partial charge in [0.15, 0.2) is 11.6 Å². The van der Waals surface area contributed by atoms with E-state index in [1.165, 1.54) is 12.1 Å². The lowest BCUT2D eigenvalue weighted by molar-refractivity contribution is -0.136. The van der Waals surface area contributed by atoms with Crippen molar-refractivity contribution in [3.63, 3.8) is 0 Å². The minimum absolute atomic E-state index is 0.00768. The van der Waals surface area contributed by atoms with Crippen molar-refractivity contribution >= 4 is 29.1 Å². The van der Waals surface area contributed by atoms with Crippen LogP contribution in [0.1, 0.15) is 69.9 Å². The van der Waals surface area contributed by atoms with Crippen molar-refractivity contribution in [2.45, 2.75) is 87.4 Å². The normalized spacial score (nSPS) is 35.2. The van der Waals surface area contributed by atoms with Crippen molar-refractivity contribution in [2.24, 2.45) is 5.41 Å². The van der Waals surface area contributed by atoms with Crippen LogP contribution >= 0.6 is 11.6 Å². The first-order valence-corrected chi connectivity index (χ1v) is 13.6. The zero-order chi connectivity index (χ0) is 27.3. The Labute approximate surface area is 225 Å². The Morgan fingerprint density at radius 2 is 1.87 bits per heavy atom. The number of hydrogen-bond acceptors (Lipinski definition) is 4. The molecule has 0 bridgehead atoms. The van der Waals surface area contributed by atoms with E-state index in [0.717, 1.165) is 6.07 Å². The van der Waals surface area contributed by atoms with Gasteiger partial charge in [-0.25, -0.2) is 8.78 Å². The van der Waals surface area contributed by atoms with Crippen LogP contribution in [0, 0.1) is 17.0 Å². The van der Waals surface area contributed by atoms with E-state index in [1.54, 1.807) is 18.2 Å². The van der Waals surface area contributed by atoms with E-state index in [4.69, 9.17) is 11.6 Å². The van der Waals surface area contributed by atoms with Gasteiger partial charge in [0.25, 0.3) is 0 Å². The summed E-state index contributed by atoms with van der Waals surface area (Å²) in [6.45, 7) is 6.10. The van der Waals surface area contributed by atoms with Crippen LogP contribution in [0.2, 0.25) is 5.02 Å². The summed E-state index contributed by atoms with van der Waals surface area (Å²) in [5.41, 5.74) is -2.87. The Morgan fingerprint density at radius 3 is 2.55 bits per heavy atom. The Morgan fingerprint density at radius 1 is 1.16 bits per heavy atom. The molecule has 1 spiro atoms. The second-order valence-corrected chi connectivity index (χ2v) is 13.0. The average Bonchev–Trinajstić information content (AvgIpc) is 3.28. The molecular weight excluding hydrogens is 512 g/mol. The van der Waals surface area contributed by atoms with Gasteiger partial charge >= 0.3 is 0 Å². The average molecular weight is 544 g/mol. The number of rotatable bonds is 4. The van der Waals surface area contributed by atoms with Gasteiger partial charge in [-0.05, 0) is 66.8 Å². The molecule has 2 aromatic carbocycles. The summed E-state index contributed by atoms with van der Waals surface area (Å²) in [7, 11) is 0. The largest absolute Gasteiger partial charge is 0.393 e. The van der Waals surface area contributed by atoms with E-state index in [9.17, 15) is 19.1 Å². The van der Waals surface area contributed by atoms with E-state index >= 15 is 4.39 Å². The van der Waals surface area contributed by atoms with Gasteiger partial charge in [0, 0.05) is 22.7 Å². The molecule has 4 atom stereocenters. The van der Waals surface area contributed by atoms with Crippen LogP contribution in [-0.2, 0) is 15.0 Å². The number of halogens is 3. The third-order valence-corrected chi connectivity index (χ3v) is 9.29. The highest BCUT2D eigenvalue weighted by Crippen LogP contribution is 2.79. The molecule has 3 fully saturated rings. The number of aliphatic hydroxyl groups excluding tert-OH is 1. The number of amides is 2. The van der Waals surface area contributed by atoms with Crippen molar-refractivity contribution < 1.29 is 23.5 Å². The van der Waals surface area contributed by atoms with Gasteiger partial charge in [0.1, 0.15) is 11.0 Å². The van der Waals surface area contributed by atoms with Crippen LogP contribution in [-0.4, -0.2) is 40.1 Å². The molecule has 0 aromatic heterocycles. The third-order valence-electron chi connectivity index (χ3n) is 9.05. The van der Waals surface area contributed by atoms with Gasteiger partial charge in [0.05, 0.1) is 11.6 Å². The topological polar surface area (TPSA) is 100 Å². The zero-order valence-corrected chi connectivity index (χ0v) is 22.4. The highest BCUT2D eigenvalue weighted by Gasteiger charge is 2.97. The van der Waals surface area contributed by atoms with Gasteiger partial charge in [-0.15, -0.1) is 0 Å². The molecule has 2 aromatic rings. The van der Waals surface area contributed by atoms with E-state index in [2.05, 4.69) is 16.0 Å². The molecule has 1 saturated heterocycles. The van der Waals surface area contributed by atoms with Crippen LogP contribution in [0.3, 0.4) is 0 Å². The molecule has 202 valence electrons. The van der Waals surface area contributed by atoms with Crippen LogP contribution in [0.25, 0.3) is 0 Å². The van der Waals surface area contributed by atoms with Gasteiger partial charge in [-0.3, -0.25) is 14.9 Å². The summed E-state index contributed by atoms with van der Waals surface area (Å²) in [5, 5.41) is 19.9. The maximum absolute atomic E-state index is 15.6. The minimum atomic E-state index is -1.35. The summed E-state index contributed by atoms with van der Waals surface area (Å²) < 4.78 is 30.2. The monoisotopic (exact) mass is 543 g/mol. The summed E-state index contributed by atoms with van der Waals surface area (Å²) in [4.78, 5) is 28.3. The van der Waals surface area contributed by atoms with Crippen molar-refractivity contribution in [1.82, 2.24) is 10.6 Å². The third kappa shape index (κ3) is 3.23. The zero-order valence-electron chi connectivity index (χ0n) is 21.6. The number of aliphatic hydroxyl groups is 1. The number of fused-ring (bicyclic) bond motifs is 4. The number of carbonyl (C=O) groups excluding carboxylic acids is 2. The molecule has 0 radical (unpaired) electrons. The first-order valence-electron chi connectivity index (χ1n) is 13.2. The maximum Gasteiger partial charge on any atom is 0.243 e. The molecule has 6 rings (SSSR count). The summed E-state index contributed by atoms with van der Waals surface area (Å²) in [6.07, 6.45) is 2.48. The van der Waals surface area contributed by atoms with E-state index in [0.29, 0.717) is 48.4 Å². The molecule has 2 aliphatic carbocycles. The molecule has 4 aliphatic rings. The first-order chi connectivity index (χ1) is 17.9. The van der Waals surface area contributed by atoms with Crippen molar-refractivity contribution in [3.05, 3.63) is 64.2 Å². The molecule has 2 heterocycles. The first kappa shape index (κ1) is 25.7. The fourth-order valence-electron chi connectivity index (χ4n) is 7.77. The number of benzene rings is 2. The van der Waals surface area contributed by atoms with Crippen molar-refractivity contribution in [3.8, 4) is 0 Å². The number of hydrogen-bond donors (Lipinski definition) is 4. The lowest BCUT2D eigenvalue weighted by Crippen LogP contribution is -2.73. The standard InChI is InChI=1S/C29H32ClF2N3O3/c1-26(2,3)14-27-28(19-12-7-15(30)13-21(19)34-24(28)37)23(18-5-4-6-20(31)22(18)32)29(27,35-27)25(38)33-16-8-10-17(36)11-9-16/h4-7,12-13,16-17,23,35-36H,8-11,14H2,1-3H3,(H,33,38)(H,34,37)/t16?,17?,23-,27+,28+,29+/m1/s1. The Balaban J connectivity index is 1.54. The lowest BCUT2D eigenvalue weighted by Gasteiger charge is -2.56. The molecule has 9 heteroatoms. The molecule has 4 N–H and O–H groups in total. The minimum Gasteiger partial charge on any atom is -0.393 e. The van der Waals surface area contributed by atoms with Crippen molar-refractivity contribution in [2.75, 3.05) is 5.32 Å². The maximum atomic E-state index is 15.6. The predicted octanol–water partition coefficient (Wildman–Crippen LogP) is 4.54. The summed E-state index contributed by atoms with van der Waals surface area (Å²) in [6, 6.07) is 8.87. The summed E-state index contributed by atoms with van der Waals surface area (Å²) >= 11 is 6.25. The van der Waals surface area contributed by atoms with Crippen LogP contribution in [0.5, 0.6) is 0 Å². The molecular formula is C29H32ClF2N3O3. The fourth-order valence-corrected chi connectivity index (χ4v) is 7.95. The highest BCUT2D eigenvalue weighted by atomic mass is 35.5. The van der Waals surface area contributed by atoms with Gasteiger partial charge < -0.3 is 15.7 Å². The second kappa shape index (κ2) is 8.23. The van der Waals surface area contributed by atoms with E-state index in [1.807, 2.05) is 20.8 Å². The van der Waals surface area contributed by atoms with Gasteiger partial charge in [-0.1, -0.05) is 50.6 Å². The molecule has 38 heavy (non-hydrogen) atoms.